The lowest BCUT2D eigenvalue weighted by molar-refractivity contribution is -0.848. The maximum atomic E-state index is 13.4. The third-order valence-corrected chi connectivity index (χ3v) is 2.81. The van der Waals surface area contributed by atoms with Crippen LogP contribution in [0.15, 0.2) is 18.2 Å². The van der Waals surface area contributed by atoms with Gasteiger partial charge in [-0.05, 0) is 18.9 Å². The van der Waals surface area contributed by atoms with E-state index in [1.165, 1.54) is 12.1 Å². The molecule has 0 heterocycles. The number of alkyl halides is 1. The Morgan fingerprint density at radius 2 is 1.88 bits per heavy atom. The quantitative estimate of drug-likeness (QED) is 0.557. The summed E-state index contributed by atoms with van der Waals surface area (Å²) in [5.41, 5.74) is 0.213. The van der Waals surface area contributed by atoms with Gasteiger partial charge in [-0.25, -0.2) is 8.78 Å². The molecule has 0 amide bonds. The normalized spacial score (nSPS) is 12.7. The average molecular weight is 246 g/mol. The SMILES string of the molecule is CCCCCC[NH+](CF)c1ccc(F)cc1F. The average Bonchev–Trinajstić information content (AvgIpc) is 2.31. The summed E-state index contributed by atoms with van der Waals surface area (Å²) < 4.78 is 39.0. The first-order chi connectivity index (χ1) is 8.19. The summed E-state index contributed by atoms with van der Waals surface area (Å²) in [5.74, 6) is -1.30. The monoisotopic (exact) mass is 246 g/mol. The maximum Gasteiger partial charge on any atom is 0.225 e. The molecule has 0 saturated carbocycles. The number of rotatable bonds is 7. The van der Waals surface area contributed by atoms with Crippen LogP contribution in [-0.2, 0) is 0 Å². The standard InChI is InChI=1S/C13H18F3N/c1-2-3-4-5-8-17(10-14)13-7-6-11(15)9-12(13)16/h6-7,9H,2-5,8,10H2,1H3/p+1. The third kappa shape index (κ3) is 4.38. The van der Waals surface area contributed by atoms with Gasteiger partial charge >= 0.3 is 0 Å². The van der Waals surface area contributed by atoms with E-state index < -0.39 is 18.4 Å². The topological polar surface area (TPSA) is 4.44 Å². The van der Waals surface area contributed by atoms with E-state index in [0.29, 0.717) is 11.4 Å². The molecule has 0 aromatic heterocycles. The maximum absolute atomic E-state index is 13.4. The zero-order valence-corrected chi connectivity index (χ0v) is 10.1. The van der Waals surface area contributed by atoms with Crippen molar-refractivity contribution >= 4 is 5.69 Å². The van der Waals surface area contributed by atoms with Gasteiger partial charge in [-0.15, -0.1) is 0 Å². The fourth-order valence-electron chi connectivity index (χ4n) is 1.81. The molecule has 1 atom stereocenters. The molecule has 1 rings (SSSR count). The minimum atomic E-state index is -0.673. The van der Waals surface area contributed by atoms with Crippen molar-refractivity contribution < 1.29 is 18.1 Å². The van der Waals surface area contributed by atoms with Crippen molar-refractivity contribution in [2.24, 2.45) is 0 Å². The molecule has 0 fully saturated rings. The second-order valence-electron chi connectivity index (χ2n) is 4.17. The van der Waals surface area contributed by atoms with Gasteiger partial charge in [0.1, 0.15) is 5.82 Å². The molecular weight excluding hydrogens is 227 g/mol. The summed E-state index contributed by atoms with van der Waals surface area (Å²) in [6.07, 6.45) is 4.08. The van der Waals surface area contributed by atoms with Crippen molar-refractivity contribution in [1.82, 2.24) is 0 Å². The summed E-state index contributed by atoms with van der Waals surface area (Å²) >= 11 is 0. The molecule has 0 saturated heterocycles. The van der Waals surface area contributed by atoms with Gasteiger partial charge < -0.3 is 0 Å². The highest BCUT2D eigenvalue weighted by Gasteiger charge is 2.16. The van der Waals surface area contributed by atoms with Crippen molar-refractivity contribution in [1.29, 1.82) is 0 Å². The van der Waals surface area contributed by atoms with Crippen LogP contribution >= 0.6 is 0 Å². The number of benzene rings is 1. The Balaban J connectivity index is 2.59. The molecule has 0 radical (unpaired) electrons. The van der Waals surface area contributed by atoms with Crippen LogP contribution in [0, 0.1) is 11.6 Å². The van der Waals surface area contributed by atoms with E-state index >= 15 is 0 Å². The van der Waals surface area contributed by atoms with Gasteiger partial charge in [0.05, 0.1) is 6.54 Å². The lowest BCUT2D eigenvalue weighted by Gasteiger charge is -2.15. The number of hydrogen-bond acceptors (Lipinski definition) is 0. The zero-order valence-electron chi connectivity index (χ0n) is 10.1. The largest absolute Gasteiger partial charge is 0.274 e. The number of unbranched alkanes of at least 4 members (excludes halogenated alkanes) is 3. The highest BCUT2D eigenvalue weighted by Crippen LogP contribution is 2.11. The van der Waals surface area contributed by atoms with E-state index in [1.807, 2.05) is 0 Å². The number of halogens is 3. The molecule has 4 heteroatoms. The number of nitrogens with one attached hydrogen (secondary N) is 1. The van der Waals surface area contributed by atoms with Gasteiger partial charge in [-0.3, -0.25) is 4.90 Å². The molecule has 96 valence electrons. The van der Waals surface area contributed by atoms with Crippen LogP contribution in [0.4, 0.5) is 18.9 Å². The van der Waals surface area contributed by atoms with Crippen LogP contribution in [0.25, 0.3) is 0 Å². The van der Waals surface area contributed by atoms with E-state index in [0.717, 1.165) is 31.7 Å². The first-order valence-corrected chi connectivity index (χ1v) is 6.05. The van der Waals surface area contributed by atoms with Gasteiger partial charge in [-0.2, -0.15) is 4.39 Å². The lowest BCUT2D eigenvalue weighted by Crippen LogP contribution is -3.06. The van der Waals surface area contributed by atoms with Gasteiger partial charge in [0.15, 0.2) is 11.5 Å². The molecule has 0 spiro atoms. The fraction of sp³-hybridized carbons (Fsp3) is 0.538. The van der Waals surface area contributed by atoms with Gasteiger partial charge in [0, 0.05) is 12.1 Å². The molecule has 0 aliphatic rings. The summed E-state index contributed by atoms with van der Waals surface area (Å²) in [4.78, 5) is 0.429. The van der Waals surface area contributed by atoms with Crippen molar-refractivity contribution in [3.8, 4) is 0 Å². The van der Waals surface area contributed by atoms with E-state index in [1.54, 1.807) is 0 Å². The Kier molecular flexibility index (Phi) is 6.05. The van der Waals surface area contributed by atoms with Crippen LogP contribution in [0.3, 0.4) is 0 Å². The molecular formula is C13H19F3N+. The van der Waals surface area contributed by atoms with Crippen molar-refractivity contribution in [2.45, 2.75) is 32.6 Å². The van der Waals surface area contributed by atoms with E-state index in [9.17, 15) is 13.2 Å². The fourth-order valence-corrected chi connectivity index (χ4v) is 1.81. The summed E-state index contributed by atoms with van der Waals surface area (Å²) in [6.45, 7) is 1.97. The Morgan fingerprint density at radius 1 is 1.12 bits per heavy atom. The molecule has 17 heavy (non-hydrogen) atoms. The summed E-state index contributed by atoms with van der Waals surface area (Å²) in [5, 5.41) is 0. The van der Waals surface area contributed by atoms with Crippen LogP contribution < -0.4 is 4.90 Å². The van der Waals surface area contributed by atoms with Gasteiger partial charge in [0.2, 0.25) is 6.80 Å². The lowest BCUT2D eigenvalue weighted by atomic mass is 10.2. The van der Waals surface area contributed by atoms with E-state index in [-0.39, 0.29) is 5.69 Å². The Morgan fingerprint density at radius 3 is 2.47 bits per heavy atom. The second-order valence-corrected chi connectivity index (χ2v) is 4.17. The van der Waals surface area contributed by atoms with Gasteiger partial charge in [-0.1, -0.05) is 19.8 Å². The van der Waals surface area contributed by atoms with Crippen LogP contribution in [0.2, 0.25) is 0 Å². The molecule has 0 aliphatic heterocycles. The molecule has 0 bridgehead atoms. The Hall–Kier alpha value is -1.03. The number of quaternary nitrogens is 1. The molecule has 1 aromatic rings. The zero-order chi connectivity index (χ0) is 12.7. The van der Waals surface area contributed by atoms with Crippen molar-refractivity contribution in [2.75, 3.05) is 13.3 Å². The predicted octanol–water partition coefficient (Wildman–Crippen LogP) is 2.99. The van der Waals surface area contributed by atoms with Crippen molar-refractivity contribution in [3.63, 3.8) is 0 Å². The van der Waals surface area contributed by atoms with E-state index in [2.05, 4.69) is 6.92 Å². The molecule has 1 unspecified atom stereocenters. The molecule has 1 aromatic carbocycles. The third-order valence-electron chi connectivity index (χ3n) is 2.81. The molecule has 1 nitrogen and oxygen atoms in total. The first kappa shape index (κ1) is 14.0. The smallest absolute Gasteiger partial charge is 0.225 e. The van der Waals surface area contributed by atoms with Crippen molar-refractivity contribution in [3.05, 3.63) is 29.8 Å². The second kappa shape index (κ2) is 7.33. The summed E-state index contributed by atoms with van der Waals surface area (Å²) in [6, 6.07) is 3.29. The minimum absolute atomic E-state index is 0.213. The van der Waals surface area contributed by atoms with Crippen LogP contribution in [-0.4, -0.2) is 13.3 Å². The molecule has 1 N–H and O–H groups in total. The highest BCUT2D eigenvalue weighted by atomic mass is 19.1. The van der Waals surface area contributed by atoms with Crippen LogP contribution in [0.5, 0.6) is 0 Å². The Labute approximate surface area is 100 Å². The summed E-state index contributed by atoms with van der Waals surface area (Å²) in [7, 11) is 0. The first-order valence-electron chi connectivity index (χ1n) is 6.05. The minimum Gasteiger partial charge on any atom is -0.274 e. The number of hydrogen-bond donors (Lipinski definition) is 1. The Bertz CT molecular complexity index is 341. The van der Waals surface area contributed by atoms with Gasteiger partial charge in [0.25, 0.3) is 0 Å². The highest BCUT2D eigenvalue weighted by molar-refractivity contribution is 5.31. The van der Waals surface area contributed by atoms with E-state index in [4.69, 9.17) is 0 Å². The predicted molar refractivity (Wildman–Crippen MR) is 62.0 cm³/mol. The van der Waals surface area contributed by atoms with Crippen LogP contribution in [0.1, 0.15) is 32.6 Å². The molecule has 0 aliphatic carbocycles.